The molecule has 0 bridgehead atoms. The lowest BCUT2D eigenvalue weighted by Crippen LogP contribution is -2.38. The normalized spacial score (nSPS) is 23.3. The van der Waals surface area contributed by atoms with Crippen molar-refractivity contribution in [2.75, 3.05) is 19.8 Å². The van der Waals surface area contributed by atoms with E-state index in [9.17, 15) is 4.79 Å². The summed E-state index contributed by atoms with van der Waals surface area (Å²) < 4.78 is 11.0. The molecule has 2 fully saturated rings. The molecule has 2 aliphatic rings. The summed E-state index contributed by atoms with van der Waals surface area (Å²) in [5.74, 6) is 0.132. The molecule has 3 rings (SSSR count). The second kappa shape index (κ2) is 7.56. The van der Waals surface area contributed by atoms with Crippen LogP contribution in [0.1, 0.15) is 31.2 Å². The van der Waals surface area contributed by atoms with Gasteiger partial charge in [0.15, 0.2) is 6.29 Å². The number of hydrogen-bond acceptors (Lipinski definition) is 3. The average molecular weight is 301 g/mol. The van der Waals surface area contributed by atoms with Crippen molar-refractivity contribution < 1.29 is 14.3 Å². The topological polar surface area (TPSA) is 38.8 Å². The van der Waals surface area contributed by atoms with Crippen molar-refractivity contribution >= 4 is 12.0 Å². The second-order valence-electron chi connectivity index (χ2n) is 5.80. The number of amides is 1. The number of nitrogens with zero attached hydrogens (tertiary/aromatic N) is 1. The Kier molecular flexibility index (Phi) is 5.24. The van der Waals surface area contributed by atoms with Crippen molar-refractivity contribution in [3.63, 3.8) is 0 Å². The zero-order chi connectivity index (χ0) is 15.2. The summed E-state index contributed by atoms with van der Waals surface area (Å²) in [6.45, 7) is 2.21. The summed E-state index contributed by atoms with van der Waals surface area (Å²) in [6, 6.07) is 10.4. The maximum atomic E-state index is 12.5. The van der Waals surface area contributed by atoms with Gasteiger partial charge in [-0.05, 0) is 24.8 Å². The van der Waals surface area contributed by atoms with Crippen LogP contribution in [0.4, 0.5) is 0 Å². The van der Waals surface area contributed by atoms with Crippen LogP contribution in [0.2, 0.25) is 0 Å². The fourth-order valence-electron chi connectivity index (χ4n) is 3.00. The van der Waals surface area contributed by atoms with Crippen LogP contribution in [0, 0.1) is 0 Å². The minimum atomic E-state index is -0.361. The first-order chi connectivity index (χ1) is 10.8. The predicted molar refractivity (Wildman–Crippen MR) is 85.1 cm³/mol. The van der Waals surface area contributed by atoms with E-state index in [4.69, 9.17) is 9.47 Å². The van der Waals surface area contributed by atoms with Gasteiger partial charge in [0.1, 0.15) is 0 Å². The number of carbonyl (C=O) groups excluding carboxylic acids is 1. The van der Waals surface area contributed by atoms with Crippen LogP contribution in [0.15, 0.2) is 36.4 Å². The summed E-state index contributed by atoms with van der Waals surface area (Å²) in [5.41, 5.74) is 1.17. The van der Waals surface area contributed by atoms with E-state index >= 15 is 0 Å². The molecular formula is C18H23NO3. The predicted octanol–water partition coefficient (Wildman–Crippen LogP) is 2.84. The van der Waals surface area contributed by atoms with Crippen LogP contribution in [-0.4, -0.2) is 42.9 Å². The van der Waals surface area contributed by atoms with Gasteiger partial charge in [-0.25, -0.2) is 0 Å². The quantitative estimate of drug-likeness (QED) is 0.858. The number of ether oxygens (including phenoxy) is 2. The third kappa shape index (κ3) is 3.96. The van der Waals surface area contributed by atoms with Crippen molar-refractivity contribution in [3.8, 4) is 0 Å². The van der Waals surface area contributed by atoms with E-state index in [1.807, 2.05) is 23.1 Å². The largest absolute Gasteiger partial charge is 0.352 e. The van der Waals surface area contributed by atoms with E-state index in [1.54, 1.807) is 0 Å². The van der Waals surface area contributed by atoms with E-state index in [1.165, 1.54) is 5.56 Å². The molecule has 2 aliphatic heterocycles. The number of benzene rings is 1. The molecule has 0 aliphatic carbocycles. The fraction of sp³-hybridized carbons (Fsp3) is 0.500. The first-order valence-corrected chi connectivity index (χ1v) is 8.09. The smallest absolute Gasteiger partial charge is 0.228 e. The van der Waals surface area contributed by atoms with Crippen LogP contribution < -0.4 is 0 Å². The van der Waals surface area contributed by atoms with Crippen molar-refractivity contribution in [2.24, 2.45) is 0 Å². The Hall–Kier alpha value is -1.65. The highest BCUT2D eigenvalue weighted by Gasteiger charge is 2.29. The molecule has 118 valence electrons. The molecule has 0 spiro atoms. The minimum absolute atomic E-state index is 0.132. The van der Waals surface area contributed by atoms with E-state index in [2.05, 4.69) is 24.3 Å². The maximum absolute atomic E-state index is 12.5. The minimum Gasteiger partial charge on any atom is -0.352 e. The third-order valence-electron chi connectivity index (χ3n) is 4.17. The van der Waals surface area contributed by atoms with Gasteiger partial charge in [0, 0.05) is 6.54 Å². The zero-order valence-electron chi connectivity index (χ0n) is 12.8. The van der Waals surface area contributed by atoms with Crippen molar-refractivity contribution in [3.05, 3.63) is 42.0 Å². The lowest BCUT2D eigenvalue weighted by Gasteiger charge is -2.27. The molecule has 0 aromatic heterocycles. The van der Waals surface area contributed by atoms with E-state index in [0.29, 0.717) is 19.6 Å². The molecule has 4 heteroatoms. The van der Waals surface area contributed by atoms with Gasteiger partial charge in [-0.2, -0.15) is 0 Å². The zero-order valence-corrected chi connectivity index (χ0v) is 12.8. The maximum Gasteiger partial charge on any atom is 0.228 e. The van der Waals surface area contributed by atoms with Gasteiger partial charge in [-0.15, -0.1) is 0 Å². The van der Waals surface area contributed by atoms with Gasteiger partial charge >= 0.3 is 0 Å². The van der Waals surface area contributed by atoms with Crippen LogP contribution in [0.3, 0.4) is 0 Å². The lowest BCUT2D eigenvalue weighted by atomic mass is 10.1. The third-order valence-corrected chi connectivity index (χ3v) is 4.17. The van der Waals surface area contributed by atoms with Gasteiger partial charge in [0.2, 0.25) is 5.91 Å². The molecule has 1 aromatic carbocycles. The van der Waals surface area contributed by atoms with E-state index in [-0.39, 0.29) is 18.2 Å². The van der Waals surface area contributed by atoms with Gasteiger partial charge in [0.25, 0.3) is 0 Å². The molecule has 2 heterocycles. The first-order valence-electron chi connectivity index (χ1n) is 8.09. The summed E-state index contributed by atoms with van der Waals surface area (Å²) in [5, 5.41) is 0. The van der Waals surface area contributed by atoms with Gasteiger partial charge in [-0.1, -0.05) is 42.5 Å². The Morgan fingerprint density at radius 1 is 1.18 bits per heavy atom. The van der Waals surface area contributed by atoms with Gasteiger partial charge < -0.3 is 14.4 Å². The van der Waals surface area contributed by atoms with Crippen molar-refractivity contribution in [1.29, 1.82) is 0 Å². The molecule has 1 unspecified atom stereocenters. The lowest BCUT2D eigenvalue weighted by molar-refractivity contribution is -0.187. The van der Waals surface area contributed by atoms with Gasteiger partial charge in [-0.3, -0.25) is 4.79 Å². The number of rotatable bonds is 4. The number of carbonyl (C=O) groups is 1. The monoisotopic (exact) mass is 301 g/mol. The Morgan fingerprint density at radius 3 is 2.73 bits per heavy atom. The molecule has 1 aromatic rings. The summed E-state index contributed by atoms with van der Waals surface area (Å²) in [4.78, 5) is 14.4. The Labute approximate surface area is 131 Å². The SMILES string of the molecule is O=C(CC1OCCCO1)N1CCCC1/C=C/c1ccccc1. The van der Waals surface area contributed by atoms with E-state index < -0.39 is 0 Å². The molecule has 4 nitrogen and oxygen atoms in total. The highest BCUT2D eigenvalue weighted by atomic mass is 16.7. The van der Waals surface area contributed by atoms with Crippen LogP contribution in [-0.2, 0) is 14.3 Å². The van der Waals surface area contributed by atoms with Crippen LogP contribution in [0.5, 0.6) is 0 Å². The second-order valence-corrected chi connectivity index (χ2v) is 5.80. The average Bonchev–Trinajstić information content (AvgIpc) is 3.03. The Bertz CT molecular complexity index is 508. The molecule has 0 radical (unpaired) electrons. The molecule has 0 N–H and O–H groups in total. The molecular weight excluding hydrogens is 278 g/mol. The molecule has 0 saturated carbocycles. The fourth-order valence-corrected chi connectivity index (χ4v) is 3.00. The molecule has 22 heavy (non-hydrogen) atoms. The summed E-state index contributed by atoms with van der Waals surface area (Å²) in [7, 11) is 0. The molecule has 1 amide bonds. The summed E-state index contributed by atoms with van der Waals surface area (Å²) in [6.07, 6.45) is 7.21. The van der Waals surface area contributed by atoms with Crippen LogP contribution in [0.25, 0.3) is 6.08 Å². The van der Waals surface area contributed by atoms with Crippen LogP contribution >= 0.6 is 0 Å². The van der Waals surface area contributed by atoms with Crippen molar-refractivity contribution in [1.82, 2.24) is 4.90 Å². The molecule has 2 saturated heterocycles. The highest BCUT2D eigenvalue weighted by Crippen LogP contribution is 2.22. The number of hydrogen-bond donors (Lipinski definition) is 0. The van der Waals surface area contributed by atoms with Crippen molar-refractivity contribution in [2.45, 2.75) is 38.0 Å². The Balaban J connectivity index is 1.57. The van der Waals surface area contributed by atoms with E-state index in [0.717, 1.165) is 25.8 Å². The first kappa shape index (κ1) is 15.3. The number of likely N-dealkylation sites (tertiary alicyclic amines) is 1. The highest BCUT2D eigenvalue weighted by molar-refractivity contribution is 5.77. The summed E-state index contributed by atoms with van der Waals surface area (Å²) >= 11 is 0. The van der Waals surface area contributed by atoms with Gasteiger partial charge in [0.05, 0.1) is 25.7 Å². The Morgan fingerprint density at radius 2 is 1.95 bits per heavy atom. The standard InChI is InChI=1S/C18H23NO3/c20-17(14-18-21-12-5-13-22-18)19-11-4-8-16(19)10-9-15-6-2-1-3-7-15/h1-3,6-7,9-10,16,18H,4-5,8,11-14H2/b10-9+. The molecule has 1 atom stereocenters.